The zero-order valence-corrected chi connectivity index (χ0v) is 29.1. The van der Waals surface area contributed by atoms with E-state index >= 15 is 0 Å². The fourth-order valence-electron chi connectivity index (χ4n) is 12.0. The molecule has 0 saturated heterocycles. The Labute approximate surface area is 270 Å². The number of aliphatic hydroxyl groups is 2. The Morgan fingerprint density at radius 3 is 2.29 bits per heavy atom. The molecular formula is C37H59NO7. The fraction of sp³-hybridized carbons (Fsp3) is 0.865. The van der Waals surface area contributed by atoms with Gasteiger partial charge >= 0.3 is 11.9 Å². The summed E-state index contributed by atoms with van der Waals surface area (Å²) in [5.74, 6) is -0.218. The first-order valence-electron chi connectivity index (χ1n) is 17.6. The van der Waals surface area contributed by atoms with E-state index in [2.05, 4.69) is 46.0 Å². The first kappa shape index (κ1) is 34.4. The molecule has 5 aliphatic rings. The van der Waals surface area contributed by atoms with Gasteiger partial charge in [-0.1, -0.05) is 46.3 Å². The second-order valence-electron chi connectivity index (χ2n) is 16.8. The summed E-state index contributed by atoms with van der Waals surface area (Å²) in [6.07, 6.45) is 10.3. The number of fused-ring (bicyclic) bond motifs is 7. The van der Waals surface area contributed by atoms with Crippen molar-refractivity contribution in [3.8, 4) is 0 Å². The van der Waals surface area contributed by atoms with Crippen LogP contribution in [0.3, 0.4) is 0 Å². The Kier molecular flexibility index (Phi) is 8.90. The summed E-state index contributed by atoms with van der Waals surface area (Å²) in [5.41, 5.74) is -1.21. The van der Waals surface area contributed by atoms with Gasteiger partial charge in [0.15, 0.2) is 0 Å². The molecule has 0 unspecified atom stereocenters. The van der Waals surface area contributed by atoms with E-state index < -0.39 is 16.4 Å². The zero-order valence-electron chi connectivity index (χ0n) is 29.1. The number of aliphatic hydroxyl groups excluding tert-OH is 1. The molecule has 0 bridgehead atoms. The minimum Gasteiger partial charge on any atom is -0.465 e. The lowest BCUT2D eigenvalue weighted by Crippen LogP contribution is -2.69. The van der Waals surface area contributed by atoms with Crippen molar-refractivity contribution in [3.63, 3.8) is 0 Å². The molecule has 0 heterocycles. The Morgan fingerprint density at radius 1 is 0.933 bits per heavy atom. The molecule has 0 aromatic rings. The largest absolute Gasteiger partial charge is 0.465 e. The molecule has 5 rings (SSSR count). The van der Waals surface area contributed by atoms with E-state index in [0.29, 0.717) is 18.9 Å². The SMILES string of the molecule is CC(=O)OC[C@@]1(C)[C@@H]2CC[C@]3(C)[C@H](CC=C4[C@H]5[C@](C(=O)NCCCO)(CC[C@@H](C)[C@@]5(C)O)CC[C@]43C)[C@@]2(C)CC[C@@H]1OC(C)=O. The van der Waals surface area contributed by atoms with Gasteiger partial charge in [-0.25, -0.2) is 0 Å². The number of nitrogens with one attached hydrogen (secondary N) is 1. The summed E-state index contributed by atoms with van der Waals surface area (Å²) in [7, 11) is 0. The van der Waals surface area contributed by atoms with E-state index in [-0.39, 0.29) is 71.2 Å². The predicted octanol–water partition coefficient (Wildman–Crippen LogP) is 5.73. The minimum atomic E-state index is -1.02. The van der Waals surface area contributed by atoms with Gasteiger partial charge in [0, 0.05) is 38.3 Å². The van der Waals surface area contributed by atoms with Crippen molar-refractivity contribution < 1.29 is 34.1 Å². The van der Waals surface area contributed by atoms with Crippen molar-refractivity contribution in [2.45, 2.75) is 131 Å². The normalized spacial score (nSPS) is 47.2. The van der Waals surface area contributed by atoms with Crippen molar-refractivity contribution in [1.29, 1.82) is 0 Å². The molecular weight excluding hydrogens is 570 g/mol. The molecule has 8 nitrogen and oxygen atoms in total. The maximum Gasteiger partial charge on any atom is 0.302 e. The molecule has 45 heavy (non-hydrogen) atoms. The fourth-order valence-corrected chi connectivity index (χ4v) is 12.0. The lowest BCUT2D eigenvalue weighted by molar-refractivity contribution is -0.230. The van der Waals surface area contributed by atoms with Crippen LogP contribution >= 0.6 is 0 Å². The third kappa shape index (κ3) is 5.01. The van der Waals surface area contributed by atoms with E-state index in [1.807, 2.05) is 6.92 Å². The first-order chi connectivity index (χ1) is 20.9. The predicted molar refractivity (Wildman–Crippen MR) is 172 cm³/mol. The number of rotatable bonds is 7. The van der Waals surface area contributed by atoms with Gasteiger partial charge in [0.25, 0.3) is 0 Å². The highest BCUT2D eigenvalue weighted by atomic mass is 16.6. The summed E-state index contributed by atoms with van der Waals surface area (Å²) in [6.45, 7) is 17.2. The van der Waals surface area contributed by atoms with Gasteiger partial charge in [-0.15, -0.1) is 0 Å². The van der Waals surface area contributed by atoms with Gasteiger partial charge < -0.3 is 25.0 Å². The Hall–Kier alpha value is -1.93. The summed E-state index contributed by atoms with van der Waals surface area (Å²) < 4.78 is 11.6. The molecule has 0 aromatic carbocycles. The average molecular weight is 630 g/mol. The van der Waals surface area contributed by atoms with Crippen LogP contribution in [0.4, 0.5) is 0 Å². The molecule has 0 aromatic heterocycles. The van der Waals surface area contributed by atoms with Crippen molar-refractivity contribution in [3.05, 3.63) is 11.6 Å². The van der Waals surface area contributed by atoms with Crippen molar-refractivity contribution in [1.82, 2.24) is 5.32 Å². The molecule has 254 valence electrons. The molecule has 0 spiro atoms. The van der Waals surface area contributed by atoms with Crippen LogP contribution < -0.4 is 5.32 Å². The van der Waals surface area contributed by atoms with E-state index in [1.54, 1.807) is 0 Å². The highest BCUT2D eigenvalue weighted by Gasteiger charge is 2.71. The van der Waals surface area contributed by atoms with Gasteiger partial charge in [0.1, 0.15) is 12.7 Å². The number of ether oxygens (including phenoxy) is 2. The van der Waals surface area contributed by atoms with Crippen LogP contribution in [-0.4, -0.2) is 59.5 Å². The number of carbonyl (C=O) groups is 3. The lowest BCUT2D eigenvalue weighted by atomic mass is 9.33. The first-order valence-corrected chi connectivity index (χ1v) is 17.6. The Morgan fingerprint density at radius 2 is 1.64 bits per heavy atom. The van der Waals surface area contributed by atoms with E-state index in [0.717, 1.165) is 57.8 Å². The highest BCUT2D eigenvalue weighted by Crippen LogP contribution is 2.76. The molecule has 4 saturated carbocycles. The van der Waals surface area contributed by atoms with Crippen LogP contribution in [0.2, 0.25) is 0 Å². The molecule has 1 amide bonds. The van der Waals surface area contributed by atoms with E-state index in [1.165, 1.54) is 19.4 Å². The van der Waals surface area contributed by atoms with Gasteiger partial charge in [-0.3, -0.25) is 14.4 Å². The van der Waals surface area contributed by atoms with Crippen LogP contribution in [0.5, 0.6) is 0 Å². The summed E-state index contributed by atoms with van der Waals surface area (Å²) in [4.78, 5) is 38.3. The Balaban J connectivity index is 1.56. The maximum absolute atomic E-state index is 14.1. The third-order valence-electron chi connectivity index (χ3n) is 14.8. The standard InChI is InChI=1S/C37H59NO7/c1-23-12-17-37(31(42)38-20-9-21-39)19-18-34(6)26(30(37)36(23,8)43)10-11-28-32(4)15-14-29(45-25(3)41)33(5,22-44-24(2)40)27(32)13-16-35(28,34)7/h10,23,27-30,39,43H,9,11-22H2,1-8H3,(H,38,42)/t23-,27-,28-,29+,30-,32+,33+,34-,35-,36-,37+/m1/s1. The number of amides is 1. The second kappa shape index (κ2) is 11.6. The molecule has 5 aliphatic carbocycles. The van der Waals surface area contributed by atoms with E-state index in [9.17, 15) is 24.6 Å². The monoisotopic (exact) mass is 629 g/mol. The highest BCUT2D eigenvalue weighted by molar-refractivity contribution is 5.84. The van der Waals surface area contributed by atoms with Gasteiger partial charge in [-0.05, 0) is 105 Å². The summed E-state index contributed by atoms with van der Waals surface area (Å²) in [5, 5.41) is 24.8. The number of hydrogen-bond acceptors (Lipinski definition) is 7. The van der Waals surface area contributed by atoms with Gasteiger partial charge in [0.05, 0.1) is 11.0 Å². The number of esters is 2. The third-order valence-corrected chi connectivity index (χ3v) is 14.8. The summed E-state index contributed by atoms with van der Waals surface area (Å²) in [6, 6.07) is 0. The van der Waals surface area contributed by atoms with Crippen LogP contribution in [-0.2, 0) is 23.9 Å². The van der Waals surface area contributed by atoms with Crippen LogP contribution in [0.1, 0.15) is 120 Å². The second-order valence-corrected chi connectivity index (χ2v) is 16.8. The summed E-state index contributed by atoms with van der Waals surface area (Å²) >= 11 is 0. The van der Waals surface area contributed by atoms with Gasteiger partial charge in [0.2, 0.25) is 5.91 Å². The smallest absolute Gasteiger partial charge is 0.302 e. The molecule has 11 atom stereocenters. The minimum absolute atomic E-state index is 0.0315. The van der Waals surface area contributed by atoms with E-state index in [4.69, 9.17) is 9.47 Å². The number of carbonyl (C=O) groups excluding carboxylic acids is 3. The molecule has 8 heteroatoms. The molecule has 0 radical (unpaired) electrons. The maximum atomic E-state index is 14.1. The number of hydrogen-bond donors (Lipinski definition) is 3. The van der Waals surface area contributed by atoms with Gasteiger partial charge in [-0.2, -0.15) is 0 Å². The van der Waals surface area contributed by atoms with Crippen LogP contribution in [0.25, 0.3) is 0 Å². The Bertz CT molecular complexity index is 1230. The molecule has 4 fully saturated rings. The topological polar surface area (TPSA) is 122 Å². The quantitative estimate of drug-likeness (QED) is 0.187. The van der Waals surface area contributed by atoms with Crippen molar-refractivity contribution in [2.75, 3.05) is 19.8 Å². The van der Waals surface area contributed by atoms with Crippen LogP contribution in [0, 0.1) is 50.7 Å². The molecule has 0 aliphatic heterocycles. The lowest BCUT2D eigenvalue weighted by Gasteiger charge is -2.72. The van der Waals surface area contributed by atoms with Crippen LogP contribution in [0.15, 0.2) is 11.6 Å². The van der Waals surface area contributed by atoms with Crippen molar-refractivity contribution in [2.24, 2.45) is 50.7 Å². The average Bonchev–Trinajstić information content (AvgIpc) is 2.96. The number of allylic oxidation sites excluding steroid dienone is 1. The molecule has 3 N–H and O–H groups in total. The zero-order chi connectivity index (χ0) is 33.2. The van der Waals surface area contributed by atoms with Crippen molar-refractivity contribution >= 4 is 17.8 Å².